The molecule has 4 heteroatoms. The van der Waals surface area contributed by atoms with E-state index in [1.165, 1.54) is 5.57 Å². The average Bonchev–Trinajstić information content (AvgIpc) is 2.30. The Balaban J connectivity index is 3.13. The summed E-state index contributed by atoms with van der Waals surface area (Å²) in [5.74, 6) is 1.85. The summed E-state index contributed by atoms with van der Waals surface area (Å²) >= 11 is 13.0. The molecule has 0 bridgehead atoms. The molecule has 0 fully saturated rings. The van der Waals surface area contributed by atoms with E-state index in [9.17, 15) is 0 Å². The first-order valence-electron chi connectivity index (χ1n) is 5.87. The van der Waals surface area contributed by atoms with Crippen LogP contribution in [0.15, 0.2) is 26.7 Å². The minimum Gasteiger partial charge on any atom is -0.492 e. The highest BCUT2D eigenvalue weighted by atomic mass is 79.9. The number of halogens is 3. The van der Waals surface area contributed by atoms with Gasteiger partial charge in [-0.25, -0.2) is 0 Å². The Morgan fingerprint density at radius 2 is 1.89 bits per heavy atom. The van der Waals surface area contributed by atoms with Crippen LogP contribution in [0.3, 0.4) is 0 Å². The summed E-state index contributed by atoms with van der Waals surface area (Å²) in [7, 11) is 0. The van der Waals surface area contributed by atoms with E-state index in [2.05, 4.69) is 51.8 Å². The van der Waals surface area contributed by atoms with Gasteiger partial charge in [0, 0.05) is 5.88 Å². The second kappa shape index (κ2) is 7.56. The van der Waals surface area contributed by atoms with Crippen molar-refractivity contribution in [3.05, 3.63) is 32.2 Å². The van der Waals surface area contributed by atoms with E-state index in [1.807, 2.05) is 19.1 Å². The first-order valence-corrected chi connectivity index (χ1v) is 7.99. The molecule has 100 valence electrons. The van der Waals surface area contributed by atoms with Gasteiger partial charge >= 0.3 is 0 Å². The molecule has 0 aliphatic carbocycles. The van der Waals surface area contributed by atoms with E-state index >= 15 is 0 Å². The topological polar surface area (TPSA) is 9.23 Å². The third-order valence-electron chi connectivity index (χ3n) is 2.56. The molecular weight excluding hydrogens is 379 g/mol. The van der Waals surface area contributed by atoms with Crippen LogP contribution in [-0.4, -0.2) is 12.5 Å². The van der Waals surface area contributed by atoms with Gasteiger partial charge in [-0.2, -0.15) is 0 Å². The van der Waals surface area contributed by atoms with Crippen LogP contribution in [0.5, 0.6) is 5.75 Å². The molecule has 0 radical (unpaired) electrons. The van der Waals surface area contributed by atoms with Crippen molar-refractivity contribution in [3.8, 4) is 5.75 Å². The van der Waals surface area contributed by atoms with E-state index in [0.29, 0.717) is 18.4 Å². The number of hydrogen-bond donors (Lipinski definition) is 0. The summed E-state index contributed by atoms with van der Waals surface area (Å²) in [6.45, 7) is 6.90. The number of benzene rings is 1. The summed E-state index contributed by atoms with van der Waals surface area (Å²) in [5, 5.41) is 0. The number of rotatable bonds is 5. The van der Waals surface area contributed by atoms with Crippen molar-refractivity contribution in [1.82, 2.24) is 0 Å². The zero-order valence-electron chi connectivity index (χ0n) is 10.8. The van der Waals surface area contributed by atoms with Crippen LogP contribution < -0.4 is 4.74 Å². The lowest BCUT2D eigenvalue weighted by atomic mass is 10.0. The molecule has 0 unspecified atom stereocenters. The SMILES string of the molecule is CCOc1c(Br)cc(C=C(CCl)C(C)C)cc1Br. The number of allylic oxidation sites excluding steroid dienone is 1. The quantitative estimate of drug-likeness (QED) is 0.564. The molecule has 18 heavy (non-hydrogen) atoms. The van der Waals surface area contributed by atoms with Crippen molar-refractivity contribution in [1.29, 1.82) is 0 Å². The molecule has 0 saturated carbocycles. The van der Waals surface area contributed by atoms with Gasteiger partial charge in [0.1, 0.15) is 5.75 Å². The molecule has 0 atom stereocenters. The Kier molecular flexibility index (Phi) is 6.75. The van der Waals surface area contributed by atoms with Gasteiger partial charge in [-0.3, -0.25) is 0 Å². The molecule has 0 aromatic heterocycles. The van der Waals surface area contributed by atoms with Crippen molar-refractivity contribution < 1.29 is 4.74 Å². The Bertz CT molecular complexity index is 418. The highest BCUT2D eigenvalue weighted by Crippen LogP contribution is 2.35. The third-order valence-corrected chi connectivity index (χ3v) is 4.04. The normalized spacial score (nSPS) is 12.1. The minimum absolute atomic E-state index is 0.451. The molecule has 0 aliphatic rings. The second-order valence-corrected chi connectivity index (χ2v) is 6.23. The van der Waals surface area contributed by atoms with E-state index in [-0.39, 0.29) is 0 Å². The highest BCUT2D eigenvalue weighted by molar-refractivity contribution is 9.11. The zero-order chi connectivity index (χ0) is 13.7. The Morgan fingerprint density at radius 1 is 1.33 bits per heavy atom. The maximum absolute atomic E-state index is 5.96. The van der Waals surface area contributed by atoms with Crippen LogP contribution >= 0.6 is 43.5 Å². The smallest absolute Gasteiger partial charge is 0.147 e. The van der Waals surface area contributed by atoms with Gasteiger partial charge in [0.15, 0.2) is 0 Å². The van der Waals surface area contributed by atoms with Crippen molar-refractivity contribution in [2.24, 2.45) is 5.92 Å². The fourth-order valence-electron chi connectivity index (χ4n) is 1.52. The van der Waals surface area contributed by atoms with Gasteiger partial charge in [0.2, 0.25) is 0 Å². The fourth-order valence-corrected chi connectivity index (χ4v) is 3.36. The highest BCUT2D eigenvalue weighted by Gasteiger charge is 2.09. The number of alkyl halides is 1. The zero-order valence-corrected chi connectivity index (χ0v) is 14.7. The van der Waals surface area contributed by atoms with Crippen LogP contribution in [-0.2, 0) is 0 Å². The van der Waals surface area contributed by atoms with Gasteiger partial charge in [-0.05, 0) is 62.4 Å². The van der Waals surface area contributed by atoms with Gasteiger partial charge in [-0.1, -0.05) is 25.5 Å². The molecule has 0 N–H and O–H groups in total. The first kappa shape index (κ1) is 16.1. The molecule has 0 spiro atoms. The predicted octanol–water partition coefficient (Wildman–Crippen LogP) is 5.89. The van der Waals surface area contributed by atoms with Gasteiger partial charge in [-0.15, -0.1) is 11.6 Å². The van der Waals surface area contributed by atoms with E-state index in [0.717, 1.165) is 20.3 Å². The number of ether oxygens (including phenoxy) is 1. The molecule has 0 heterocycles. The van der Waals surface area contributed by atoms with Gasteiger partial charge in [0.25, 0.3) is 0 Å². The molecular formula is C14H17Br2ClO. The summed E-state index contributed by atoms with van der Waals surface area (Å²) < 4.78 is 7.45. The Hall–Kier alpha value is 0.01000. The van der Waals surface area contributed by atoms with Crippen LogP contribution in [0.2, 0.25) is 0 Å². The summed E-state index contributed by atoms with van der Waals surface area (Å²) in [5.41, 5.74) is 2.33. The lowest BCUT2D eigenvalue weighted by Gasteiger charge is -2.11. The molecule has 0 saturated heterocycles. The Labute approximate surface area is 131 Å². The van der Waals surface area contributed by atoms with Gasteiger partial charge in [0.05, 0.1) is 15.6 Å². The molecule has 0 amide bonds. The summed E-state index contributed by atoms with van der Waals surface area (Å²) in [6.07, 6.45) is 2.13. The Morgan fingerprint density at radius 3 is 2.28 bits per heavy atom. The van der Waals surface area contributed by atoms with Crippen molar-refractivity contribution in [2.45, 2.75) is 20.8 Å². The monoisotopic (exact) mass is 394 g/mol. The predicted molar refractivity (Wildman–Crippen MR) is 86.5 cm³/mol. The van der Waals surface area contributed by atoms with E-state index in [4.69, 9.17) is 16.3 Å². The largest absolute Gasteiger partial charge is 0.492 e. The maximum atomic E-state index is 5.96. The van der Waals surface area contributed by atoms with Crippen LogP contribution in [0, 0.1) is 5.92 Å². The second-order valence-electron chi connectivity index (χ2n) is 4.25. The number of hydrogen-bond acceptors (Lipinski definition) is 1. The first-order chi connectivity index (χ1) is 8.49. The molecule has 1 aromatic rings. The lowest BCUT2D eigenvalue weighted by molar-refractivity contribution is 0.336. The average molecular weight is 397 g/mol. The molecule has 0 aliphatic heterocycles. The summed E-state index contributed by atoms with van der Waals surface area (Å²) in [4.78, 5) is 0. The van der Waals surface area contributed by atoms with Crippen LogP contribution in [0.4, 0.5) is 0 Å². The molecule has 1 aromatic carbocycles. The van der Waals surface area contributed by atoms with Crippen molar-refractivity contribution in [2.75, 3.05) is 12.5 Å². The fraction of sp³-hybridized carbons (Fsp3) is 0.429. The molecule has 1 nitrogen and oxygen atoms in total. The van der Waals surface area contributed by atoms with Crippen LogP contribution in [0.25, 0.3) is 6.08 Å². The van der Waals surface area contributed by atoms with E-state index < -0.39 is 0 Å². The lowest BCUT2D eigenvalue weighted by Crippen LogP contribution is -1.96. The van der Waals surface area contributed by atoms with Gasteiger partial charge < -0.3 is 4.74 Å². The van der Waals surface area contributed by atoms with Crippen molar-refractivity contribution >= 4 is 49.5 Å². The minimum atomic E-state index is 0.451. The maximum Gasteiger partial charge on any atom is 0.147 e. The third kappa shape index (κ3) is 4.29. The van der Waals surface area contributed by atoms with Crippen LogP contribution in [0.1, 0.15) is 26.3 Å². The molecule has 1 rings (SSSR count). The summed E-state index contributed by atoms with van der Waals surface area (Å²) in [6, 6.07) is 4.09. The van der Waals surface area contributed by atoms with Crippen molar-refractivity contribution in [3.63, 3.8) is 0 Å². The van der Waals surface area contributed by atoms with E-state index in [1.54, 1.807) is 0 Å². The standard InChI is InChI=1S/C14H17Br2ClO/c1-4-18-14-12(15)6-10(7-13(14)16)5-11(8-17)9(2)3/h5-7,9H,4,8H2,1-3H3.